The van der Waals surface area contributed by atoms with E-state index in [1.807, 2.05) is 0 Å². The van der Waals surface area contributed by atoms with Crippen molar-refractivity contribution in [2.75, 3.05) is 31.6 Å². The molecule has 6 nitrogen and oxygen atoms in total. The van der Waals surface area contributed by atoms with Crippen molar-refractivity contribution in [3.8, 4) is 0 Å². The van der Waals surface area contributed by atoms with E-state index in [1.54, 1.807) is 7.05 Å². The highest BCUT2D eigenvalue weighted by atomic mass is 32.2. The van der Waals surface area contributed by atoms with Crippen LogP contribution in [-0.2, 0) is 14.6 Å². The molecule has 1 saturated carbocycles. The van der Waals surface area contributed by atoms with E-state index in [2.05, 4.69) is 10.2 Å². The molecule has 116 valence electrons. The molecule has 2 atom stereocenters. The van der Waals surface area contributed by atoms with Crippen molar-refractivity contribution in [3.63, 3.8) is 0 Å². The van der Waals surface area contributed by atoms with Crippen molar-refractivity contribution in [2.24, 2.45) is 5.73 Å². The molecule has 0 aromatic rings. The van der Waals surface area contributed by atoms with Crippen LogP contribution in [0.15, 0.2) is 0 Å². The van der Waals surface area contributed by atoms with Gasteiger partial charge in [0.1, 0.15) is 0 Å². The molecular formula is C13H25N3O3S. The van der Waals surface area contributed by atoms with Crippen LogP contribution in [0.3, 0.4) is 0 Å². The third kappa shape index (κ3) is 3.32. The van der Waals surface area contributed by atoms with Crippen LogP contribution in [0.2, 0.25) is 0 Å². The molecule has 1 aliphatic carbocycles. The van der Waals surface area contributed by atoms with E-state index in [0.29, 0.717) is 19.4 Å². The highest BCUT2D eigenvalue weighted by molar-refractivity contribution is 7.91. The van der Waals surface area contributed by atoms with Crippen molar-refractivity contribution in [3.05, 3.63) is 0 Å². The van der Waals surface area contributed by atoms with Gasteiger partial charge >= 0.3 is 0 Å². The Labute approximate surface area is 121 Å². The van der Waals surface area contributed by atoms with Gasteiger partial charge in [-0.05, 0) is 45.7 Å². The molecule has 0 radical (unpaired) electrons. The molecular weight excluding hydrogens is 278 g/mol. The molecule has 3 N–H and O–H groups in total. The quantitative estimate of drug-likeness (QED) is 0.733. The fourth-order valence-electron chi connectivity index (χ4n) is 3.45. The zero-order chi connectivity index (χ0) is 14.8. The first-order valence-electron chi connectivity index (χ1n) is 7.32. The lowest BCUT2D eigenvalue weighted by Crippen LogP contribution is -2.59. The Hall–Kier alpha value is -0.660. The first-order valence-corrected chi connectivity index (χ1v) is 9.14. The van der Waals surface area contributed by atoms with E-state index < -0.39 is 15.4 Å². The van der Waals surface area contributed by atoms with Gasteiger partial charge in [-0.15, -0.1) is 0 Å². The van der Waals surface area contributed by atoms with Crippen LogP contribution in [0.5, 0.6) is 0 Å². The third-order valence-corrected chi connectivity index (χ3v) is 6.50. The minimum atomic E-state index is -2.89. The van der Waals surface area contributed by atoms with Gasteiger partial charge in [0.25, 0.3) is 0 Å². The predicted molar refractivity (Wildman–Crippen MR) is 78.1 cm³/mol. The topological polar surface area (TPSA) is 92.5 Å². The van der Waals surface area contributed by atoms with E-state index in [1.165, 1.54) is 0 Å². The van der Waals surface area contributed by atoms with Gasteiger partial charge in [-0.25, -0.2) is 8.42 Å². The van der Waals surface area contributed by atoms with E-state index in [0.717, 1.165) is 25.8 Å². The minimum Gasteiger partial charge on any atom is -0.368 e. The number of sulfone groups is 1. The molecule has 20 heavy (non-hydrogen) atoms. The Balaban J connectivity index is 2.07. The lowest BCUT2D eigenvalue weighted by molar-refractivity contribution is -0.126. The summed E-state index contributed by atoms with van der Waals surface area (Å²) in [7, 11) is -1.11. The number of likely N-dealkylation sites (N-methyl/N-ethyl adjacent to an activating group) is 1. The average Bonchev–Trinajstić information content (AvgIpc) is 2.59. The summed E-state index contributed by atoms with van der Waals surface area (Å²) in [4.78, 5) is 14.0. The Morgan fingerprint density at radius 2 is 2.05 bits per heavy atom. The fourth-order valence-corrected chi connectivity index (χ4v) is 4.74. The second-order valence-corrected chi connectivity index (χ2v) is 8.29. The van der Waals surface area contributed by atoms with Crippen molar-refractivity contribution < 1.29 is 13.2 Å². The second-order valence-electron chi connectivity index (χ2n) is 5.99. The minimum absolute atomic E-state index is 0.229. The summed E-state index contributed by atoms with van der Waals surface area (Å²) in [6, 6.07) is 0.247. The fraction of sp³-hybridized carbons (Fsp3) is 0.923. The molecule has 0 aromatic heterocycles. The van der Waals surface area contributed by atoms with Gasteiger partial charge < -0.3 is 11.1 Å². The predicted octanol–water partition coefficient (Wildman–Crippen LogP) is -0.507. The SMILES string of the molecule is CNC1(C(N)=O)CCCC(N2CCCS(=O)(=O)CC2)C1. The second kappa shape index (κ2) is 5.99. The number of hydrogen-bond donors (Lipinski definition) is 2. The molecule has 0 spiro atoms. The lowest BCUT2D eigenvalue weighted by Gasteiger charge is -2.42. The number of rotatable bonds is 3. The van der Waals surface area contributed by atoms with Crippen LogP contribution < -0.4 is 11.1 Å². The third-order valence-electron chi connectivity index (χ3n) is 4.78. The molecule has 1 amide bonds. The number of nitrogens with two attached hydrogens (primary N) is 1. The monoisotopic (exact) mass is 303 g/mol. The molecule has 7 heteroatoms. The smallest absolute Gasteiger partial charge is 0.237 e. The average molecular weight is 303 g/mol. The molecule has 2 fully saturated rings. The summed E-state index contributed by atoms with van der Waals surface area (Å²) in [5.74, 6) is 0.211. The lowest BCUT2D eigenvalue weighted by atomic mass is 9.78. The zero-order valence-corrected chi connectivity index (χ0v) is 12.9. The highest BCUT2D eigenvalue weighted by Gasteiger charge is 2.42. The van der Waals surface area contributed by atoms with Crippen LogP contribution >= 0.6 is 0 Å². The van der Waals surface area contributed by atoms with E-state index >= 15 is 0 Å². The van der Waals surface area contributed by atoms with Gasteiger partial charge in [0.05, 0.1) is 17.0 Å². The summed E-state index contributed by atoms with van der Waals surface area (Å²) in [5.41, 5.74) is 4.93. The summed E-state index contributed by atoms with van der Waals surface area (Å²) < 4.78 is 23.4. The Morgan fingerprint density at radius 3 is 2.70 bits per heavy atom. The number of hydrogen-bond acceptors (Lipinski definition) is 5. The van der Waals surface area contributed by atoms with Crippen molar-refractivity contribution in [1.29, 1.82) is 0 Å². The van der Waals surface area contributed by atoms with Crippen LogP contribution in [0.1, 0.15) is 32.1 Å². The van der Waals surface area contributed by atoms with Crippen molar-refractivity contribution in [2.45, 2.75) is 43.7 Å². The first kappa shape index (κ1) is 15.7. The maximum Gasteiger partial charge on any atom is 0.237 e. The molecule has 1 saturated heterocycles. The highest BCUT2D eigenvalue weighted by Crippen LogP contribution is 2.31. The zero-order valence-electron chi connectivity index (χ0n) is 12.1. The number of primary amides is 1. The van der Waals surface area contributed by atoms with Crippen LogP contribution in [0.25, 0.3) is 0 Å². The van der Waals surface area contributed by atoms with Crippen LogP contribution in [0, 0.1) is 0 Å². The molecule has 1 heterocycles. The van der Waals surface area contributed by atoms with Gasteiger partial charge in [-0.3, -0.25) is 9.69 Å². The van der Waals surface area contributed by atoms with Crippen molar-refractivity contribution in [1.82, 2.24) is 10.2 Å². The summed E-state index contributed by atoms with van der Waals surface area (Å²) >= 11 is 0. The largest absolute Gasteiger partial charge is 0.368 e. The Kier molecular flexibility index (Phi) is 4.71. The maximum atomic E-state index is 11.8. The van der Waals surface area contributed by atoms with E-state index in [9.17, 15) is 13.2 Å². The Bertz CT molecular complexity index is 465. The molecule has 2 aliphatic rings. The molecule has 0 bridgehead atoms. The van der Waals surface area contributed by atoms with Gasteiger partial charge in [-0.1, -0.05) is 0 Å². The van der Waals surface area contributed by atoms with Gasteiger partial charge in [-0.2, -0.15) is 0 Å². The van der Waals surface area contributed by atoms with Crippen LogP contribution in [-0.4, -0.2) is 62.4 Å². The van der Waals surface area contributed by atoms with Crippen LogP contribution in [0.4, 0.5) is 0 Å². The van der Waals surface area contributed by atoms with Gasteiger partial charge in [0.15, 0.2) is 9.84 Å². The number of carbonyl (C=O) groups excluding carboxylic acids is 1. The molecule has 1 aliphatic heterocycles. The van der Waals surface area contributed by atoms with Gasteiger partial charge in [0, 0.05) is 12.6 Å². The summed E-state index contributed by atoms with van der Waals surface area (Å²) in [5, 5.41) is 3.10. The van der Waals surface area contributed by atoms with Gasteiger partial charge in [0.2, 0.25) is 5.91 Å². The first-order chi connectivity index (χ1) is 9.38. The standard InChI is InChI=1S/C13H25N3O3S/c1-15-13(12(14)17)5-2-4-11(10-13)16-6-3-8-20(18,19)9-7-16/h11,15H,2-10H2,1H3,(H2,14,17). The van der Waals surface area contributed by atoms with E-state index in [-0.39, 0.29) is 23.5 Å². The summed E-state index contributed by atoms with van der Waals surface area (Å²) in [6.45, 7) is 1.37. The number of carbonyl (C=O) groups is 1. The van der Waals surface area contributed by atoms with E-state index in [4.69, 9.17) is 5.73 Å². The number of nitrogens with zero attached hydrogens (tertiary/aromatic N) is 1. The molecule has 0 aromatic carbocycles. The number of nitrogens with one attached hydrogen (secondary N) is 1. The maximum absolute atomic E-state index is 11.8. The van der Waals surface area contributed by atoms with Crippen molar-refractivity contribution >= 4 is 15.7 Å². The normalized spacial score (nSPS) is 35.4. The molecule has 2 rings (SSSR count). The molecule has 2 unspecified atom stereocenters. The number of amides is 1. The Morgan fingerprint density at radius 1 is 1.30 bits per heavy atom. The summed E-state index contributed by atoms with van der Waals surface area (Å²) in [6.07, 6.45) is 4.08.